The van der Waals surface area contributed by atoms with Crippen LogP contribution < -0.4 is 5.56 Å². The molecule has 6 heteroatoms. The van der Waals surface area contributed by atoms with Gasteiger partial charge < -0.3 is 5.11 Å². The first-order chi connectivity index (χ1) is 12.4. The highest BCUT2D eigenvalue weighted by Gasteiger charge is 2.15. The molecule has 0 saturated heterocycles. The van der Waals surface area contributed by atoms with Crippen LogP contribution in [0.15, 0.2) is 47.4 Å². The van der Waals surface area contributed by atoms with E-state index in [1.54, 1.807) is 24.4 Å². The Bertz CT molecular complexity index is 1060. The van der Waals surface area contributed by atoms with Gasteiger partial charge in [-0.05, 0) is 41.3 Å². The van der Waals surface area contributed by atoms with Gasteiger partial charge in [-0.15, -0.1) is 0 Å². The van der Waals surface area contributed by atoms with E-state index >= 15 is 0 Å². The molecular formula is C20H17ClFNO3. The number of aromatic carboxylic acids is 1. The quantitative estimate of drug-likeness (QED) is 0.724. The monoisotopic (exact) mass is 373 g/mol. The Morgan fingerprint density at radius 3 is 2.69 bits per heavy atom. The highest BCUT2D eigenvalue weighted by molar-refractivity contribution is 6.30. The topological polar surface area (TPSA) is 58.8 Å². The molecule has 0 unspecified atom stereocenters. The maximum absolute atomic E-state index is 14.1. The molecule has 0 aliphatic rings. The Morgan fingerprint density at radius 1 is 1.23 bits per heavy atom. The summed E-state index contributed by atoms with van der Waals surface area (Å²) >= 11 is 5.82. The molecule has 0 atom stereocenters. The zero-order chi connectivity index (χ0) is 18.8. The number of carboxylic acids is 1. The minimum absolute atomic E-state index is 0.0406. The fraction of sp³-hybridized carbons (Fsp3) is 0.200. The first-order valence-corrected chi connectivity index (χ1v) is 8.63. The summed E-state index contributed by atoms with van der Waals surface area (Å²) in [5.74, 6) is -1.75. The van der Waals surface area contributed by atoms with Crippen molar-refractivity contribution in [2.45, 2.75) is 26.2 Å². The van der Waals surface area contributed by atoms with Crippen LogP contribution in [-0.2, 0) is 12.8 Å². The minimum Gasteiger partial charge on any atom is -0.477 e. The second kappa shape index (κ2) is 7.30. The lowest BCUT2D eigenvalue weighted by Crippen LogP contribution is -2.23. The number of fused-ring (bicyclic) bond motifs is 1. The van der Waals surface area contributed by atoms with Crippen LogP contribution in [0, 0.1) is 5.82 Å². The molecular weight excluding hydrogens is 357 g/mol. The number of carboxylic acid groups (broad SMARTS) is 1. The molecule has 0 radical (unpaired) electrons. The van der Waals surface area contributed by atoms with E-state index in [1.165, 1.54) is 16.5 Å². The summed E-state index contributed by atoms with van der Waals surface area (Å²) in [5.41, 5.74) is 1.69. The highest BCUT2D eigenvalue weighted by Crippen LogP contribution is 2.21. The number of hydrogen-bond acceptors (Lipinski definition) is 2. The lowest BCUT2D eigenvalue weighted by molar-refractivity contribution is 0.0694. The summed E-state index contributed by atoms with van der Waals surface area (Å²) in [6, 6.07) is 9.80. The SMILES string of the molecule is CCCc1cc(C(=O)O)c(=O)n2cc(Cc3cccc(Cl)c3F)ccc12. The first-order valence-electron chi connectivity index (χ1n) is 8.25. The zero-order valence-electron chi connectivity index (χ0n) is 14.1. The summed E-state index contributed by atoms with van der Waals surface area (Å²) < 4.78 is 15.5. The summed E-state index contributed by atoms with van der Waals surface area (Å²) in [4.78, 5) is 23.9. The Balaban J connectivity index is 2.15. The molecule has 0 amide bonds. The van der Waals surface area contributed by atoms with Crippen LogP contribution in [0.3, 0.4) is 0 Å². The average Bonchev–Trinajstić information content (AvgIpc) is 2.61. The van der Waals surface area contributed by atoms with Gasteiger partial charge in [0.25, 0.3) is 5.56 Å². The van der Waals surface area contributed by atoms with E-state index in [1.807, 2.05) is 13.0 Å². The highest BCUT2D eigenvalue weighted by atomic mass is 35.5. The summed E-state index contributed by atoms with van der Waals surface area (Å²) in [6.07, 6.45) is 3.30. The van der Waals surface area contributed by atoms with Crippen LogP contribution in [0.25, 0.3) is 5.52 Å². The Hall–Kier alpha value is -2.66. The summed E-state index contributed by atoms with van der Waals surface area (Å²) in [5, 5.41) is 9.35. The number of carbonyl (C=O) groups is 1. The number of aromatic nitrogens is 1. The molecule has 26 heavy (non-hydrogen) atoms. The fourth-order valence-electron chi connectivity index (χ4n) is 3.05. The van der Waals surface area contributed by atoms with Crippen LogP contribution in [0.1, 0.15) is 40.4 Å². The lowest BCUT2D eigenvalue weighted by Gasteiger charge is -2.11. The minimum atomic E-state index is -1.26. The van der Waals surface area contributed by atoms with Gasteiger partial charge in [-0.3, -0.25) is 9.20 Å². The maximum atomic E-state index is 14.1. The molecule has 2 heterocycles. The predicted octanol–water partition coefficient (Wildman–Crippen LogP) is 4.33. The van der Waals surface area contributed by atoms with Gasteiger partial charge in [-0.2, -0.15) is 0 Å². The smallest absolute Gasteiger partial charge is 0.341 e. The van der Waals surface area contributed by atoms with Crippen molar-refractivity contribution in [1.29, 1.82) is 0 Å². The van der Waals surface area contributed by atoms with Crippen molar-refractivity contribution in [2.24, 2.45) is 0 Å². The molecule has 0 fully saturated rings. The van der Waals surface area contributed by atoms with Crippen molar-refractivity contribution >= 4 is 23.1 Å². The molecule has 4 nitrogen and oxygen atoms in total. The largest absolute Gasteiger partial charge is 0.477 e. The average molecular weight is 374 g/mol. The van der Waals surface area contributed by atoms with E-state index in [-0.39, 0.29) is 17.0 Å². The molecule has 0 aliphatic carbocycles. The standard InChI is InChI=1S/C20H17ClFNO3/c1-2-4-13-10-15(20(25)26)19(24)23-11-12(7-8-17(13)23)9-14-5-3-6-16(21)18(14)22/h3,5-8,10-11H,2,4,9H2,1H3,(H,25,26). The van der Waals surface area contributed by atoms with Crippen LogP contribution in [-0.4, -0.2) is 15.5 Å². The van der Waals surface area contributed by atoms with Gasteiger partial charge in [0.1, 0.15) is 11.4 Å². The number of pyridine rings is 2. The molecule has 3 rings (SSSR count). The van der Waals surface area contributed by atoms with Crippen molar-refractivity contribution in [2.75, 3.05) is 0 Å². The van der Waals surface area contributed by atoms with Gasteiger partial charge in [0, 0.05) is 12.6 Å². The third-order valence-corrected chi connectivity index (χ3v) is 4.57. The second-order valence-electron chi connectivity index (χ2n) is 6.13. The Kier molecular flexibility index (Phi) is 5.09. The predicted molar refractivity (Wildman–Crippen MR) is 98.8 cm³/mol. The van der Waals surface area contributed by atoms with Crippen LogP contribution in [0.2, 0.25) is 5.02 Å². The molecule has 0 spiro atoms. The van der Waals surface area contributed by atoms with Gasteiger partial charge in [0.05, 0.1) is 10.5 Å². The summed E-state index contributed by atoms with van der Waals surface area (Å²) in [6.45, 7) is 1.98. The number of hydrogen-bond donors (Lipinski definition) is 1. The van der Waals surface area contributed by atoms with E-state index in [0.717, 1.165) is 12.0 Å². The number of aryl methyl sites for hydroxylation is 1. The van der Waals surface area contributed by atoms with Gasteiger partial charge in [-0.25, -0.2) is 9.18 Å². The van der Waals surface area contributed by atoms with Gasteiger partial charge >= 0.3 is 5.97 Å². The Labute approximate surface area is 154 Å². The van der Waals surface area contributed by atoms with Crippen LogP contribution in [0.5, 0.6) is 0 Å². The molecule has 0 saturated carbocycles. The fourth-order valence-corrected chi connectivity index (χ4v) is 3.24. The van der Waals surface area contributed by atoms with Crippen molar-refractivity contribution in [3.8, 4) is 0 Å². The molecule has 2 aromatic heterocycles. The normalized spacial score (nSPS) is 11.0. The van der Waals surface area contributed by atoms with Crippen molar-refractivity contribution in [3.63, 3.8) is 0 Å². The van der Waals surface area contributed by atoms with Gasteiger partial charge in [-0.1, -0.05) is 43.1 Å². The van der Waals surface area contributed by atoms with E-state index in [9.17, 15) is 19.1 Å². The third kappa shape index (κ3) is 3.35. The number of rotatable bonds is 5. The van der Waals surface area contributed by atoms with Crippen LogP contribution in [0.4, 0.5) is 4.39 Å². The molecule has 1 aromatic carbocycles. The number of nitrogens with zero attached hydrogens (tertiary/aromatic N) is 1. The molecule has 134 valence electrons. The number of benzene rings is 1. The maximum Gasteiger partial charge on any atom is 0.341 e. The van der Waals surface area contributed by atoms with Crippen molar-refractivity contribution < 1.29 is 14.3 Å². The van der Waals surface area contributed by atoms with Crippen molar-refractivity contribution in [1.82, 2.24) is 4.40 Å². The molecule has 0 aliphatic heterocycles. The molecule has 0 bridgehead atoms. The van der Waals surface area contributed by atoms with Gasteiger partial charge in [0.2, 0.25) is 0 Å². The van der Waals surface area contributed by atoms with E-state index < -0.39 is 17.3 Å². The first kappa shape index (κ1) is 18.1. The lowest BCUT2D eigenvalue weighted by atomic mass is 10.0. The molecule has 1 N–H and O–H groups in total. The third-order valence-electron chi connectivity index (χ3n) is 4.28. The van der Waals surface area contributed by atoms with E-state index in [2.05, 4.69) is 0 Å². The Morgan fingerprint density at radius 2 is 2.00 bits per heavy atom. The number of halogens is 2. The zero-order valence-corrected chi connectivity index (χ0v) is 14.9. The summed E-state index contributed by atoms with van der Waals surface area (Å²) in [7, 11) is 0. The van der Waals surface area contributed by atoms with E-state index in [4.69, 9.17) is 11.6 Å². The van der Waals surface area contributed by atoms with Crippen LogP contribution >= 0.6 is 11.6 Å². The molecule has 3 aromatic rings. The second-order valence-corrected chi connectivity index (χ2v) is 6.53. The van der Waals surface area contributed by atoms with Gasteiger partial charge in [0.15, 0.2) is 0 Å². The van der Waals surface area contributed by atoms with E-state index in [0.29, 0.717) is 23.1 Å². The van der Waals surface area contributed by atoms with Crippen molar-refractivity contribution in [3.05, 3.63) is 86.0 Å².